The normalized spacial score (nSPS) is 16.5. The molecule has 17 aromatic carbocycles. The van der Waals surface area contributed by atoms with Crippen LogP contribution in [0.3, 0.4) is 0 Å². The molecule has 0 radical (unpaired) electrons. The number of nitrogens with zero attached hydrogens (tertiary/aromatic N) is 7. The van der Waals surface area contributed by atoms with E-state index in [1.54, 1.807) is 42.5 Å². The number of rotatable bonds is 13. The monoisotopic (exact) mass is 1610 g/mol. The number of ether oxygens (including phenoxy) is 1. The van der Waals surface area contributed by atoms with E-state index in [0.717, 1.165) is 48.0 Å². The minimum absolute atomic E-state index is 0.0267. The number of hydrogen-bond donors (Lipinski definition) is 1. The molecule has 0 unspecified atom stereocenters. The molecule has 0 bridgehead atoms. The number of fused-ring (bicyclic) bond motifs is 12. The molecule has 586 valence electrons. The van der Waals surface area contributed by atoms with Crippen LogP contribution in [0.4, 0.5) is 131 Å². The van der Waals surface area contributed by atoms with Crippen LogP contribution in [-0.2, 0) is 0 Å². The Labute approximate surface area is 763 Å². The molecule has 23 rings (SSSR count). The molecule has 0 aromatic heterocycles. The molecule has 9 nitrogen and oxygen atoms in total. The Morgan fingerprint density at radius 1 is 0.252 bits per heavy atom. The highest BCUT2D eigenvalue weighted by molar-refractivity contribution is 7.04. The third-order valence-electron chi connectivity index (χ3n) is 24.4. The van der Waals surface area contributed by atoms with Crippen molar-refractivity contribution in [3.05, 3.63) is 407 Å². The van der Waals surface area contributed by atoms with Crippen LogP contribution in [0.1, 0.15) is 91.2 Å². The molecule has 6 aliphatic rings. The Bertz CT molecular complexity index is 8730. The fourth-order valence-electron chi connectivity index (χ4n) is 20.2. The van der Waals surface area contributed by atoms with Crippen LogP contribution in [0, 0.1) is 62.3 Å². The lowest BCUT2D eigenvalue weighted by atomic mass is 9.29. The van der Waals surface area contributed by atoms with E-state index in [9.17, 15) is 32.9 Å². The molecule has 0 saturated heterocycles. The van der Waals surface area contributed by atoms with E-state index >= 15 is 0 Å². The molecule has 0 amide bonds. The fourth-order valence-corrected chi connectivity index (χ4v) is 20.2. The topological polar surface area (TPSA) is 43.9 Å². The molecule has 123 heavy (non-hydrogen) atoms. The first-order chi connectivity index (χ1) is 72.7. The first-order valence-electron chi connectivity index (χ1n) is 55.5. The zero-order valence-corrected chi connectivity index (χ0v) is 68.0. The summed E-state index contributed by atoms with van der Waals surface area (Å²) in [7, 11) is 0. The lowest BCUT2D eigenvalue weighted by molar-refractivity contribution is 0.487. The largest absolute Gasteiger partial charge is 0.458 e. The van der Waals surface area contributed by atoms with Gasteiger partial charge in [-0.3, -0.25) is 0 Å². The molecule has 0 aliphatic carbocycles. The average molecular weight is 1610 g/mol. The second-order valence-electron chi connectivity index (χ2n) is 32.1. The van der Waals surface area contributed by atoms with Crippen molar-refractivity contribution in [3.8, 4) is 11.5 Å². The standard InChI is InChI=1S/C111H87B3N8O/c1-69-53-72(4)109(73(5)54-69)120-97-67-94-90(112-88-49-31-33-51-96(88)119(84-47-29-16-30-48-84)100-60-85(59-95(115-94)106(100)112)116(78-35-17-10-18-36-78)79-37-19-11-20-38-79)65-91(97)114-93-66-92-98(68-99(93)121(110-74(6)55-70(2)56-75(110)7)102-62-86(61-101(120)107(102)114)117(80-39-21-12-22-40-80)81-41-23-13-24-42-81)122(111-76(8)57-71(3)58-77(111)9)103-63-87(64-105-108(103)113(92)89-50-32-34-52-104(89)123-105)118(82-43-25-14-26-44-82)83-45-27-15-28-46-83/h10-68,115H,1-9H3/i10D,11D,12D,13D,14D,15D,17D,18D,19D,20D,21D,22D,23D,24D,25D,26D,27D,28D,35D,36D,37D,38D,39D,40D,41D,42D,43D,44D,45D,46D. The lowest BCUT2D eigenvalue weighted by Crippen LogP contribution is -2.66. The van der Waals surface area contributed by atoms with Crippen LogP contribution < -0.4 is 93.5 Å². The molecule has 0 atom stereocenters. The summed E-state index contributed by atoms with van der Waals surface area (Å²) >= 11 is 0. The second kappa shape index (κ2) is 28.7. The summed E-state index contributed by atoms with van der Waals surface area (Å²) < 4.78 is 293. The van der Waals surface area contributed by atoms with Crippen molar-refractivity contribution >= 4 is 200 Å². The number of benzene rings is 17. The Morgan fingerprint density at radius 3 is 1.03 bits per heavy atom. The quantitative estimate of drug-likeness (QED) is 0.114. The van der Waals surface area contributed by atoms with Crippen molar-refractivity contribution in [1.82, 2.24) is 0 Å². The first-order valence-corrected chi connectivity index (χ1v) is 40.5. The number of aryl methyl sites for hydroxylation is 9. The summed E-state index contributed by atoms with van der Waals surface area (Å²) in [4.78, 5) is 11.7. The molecule has 0 spiro atoms. The Hall–Kier alpha value is -14.9. The smallest absolute Gasteiger partial charge is 0.256 e. The highest BCUT2D eigenvalue weighted by atomic mass is 16.5. The SMILES string of the molecule is [2H]c1c([2H])c([2H])c(N(c2cc3c4c(c2)N(c2ccccc2)c2ccccc2B4c2cc4c(cc2N3)N(c2c(C)cc(C)cc2C)c2cc(N(c3c([2H])c([2H])c([2H])c([2H])c3[2H])c3c([2H])c([2H])c([2H])c([2H])c3[2H])cc3c2B4c2cc4c(cc2N3c2c(C)cc(C)cc2C)N(c2c(C)cc(C)cc2C)c2cc(N(c3c([2H])c([2H])c([2H])c([2H])c3[2H])c3c([2H])c([2H])c([2H])c([2H])c3[2H])cc3c2B4c2ccccc2O3)c2c([2H])c([2H])c([2H])c([2H])c2[2H])c([2H])c1[2H]. The summed E-state index contributed by atoms with van der Waals surface area (Å²) in [5.41, 5.74) is 15.7. The minimum Gasteiger partial charge on any atom is -0.458 e. The van der Waals surface area contributed by atoms with Crippen molar-refractivity contribution in [1.29, 1.82) is 0 Å². The predicted molar refractivity (Wildman–Crippen MR) is 522 cm³/mol. The van der Waals surface area contributed by atoms with Gasteiger partial charge in [-0.2, -0.15) is 0 Å². The molecule has 0 saturated carbocycles. The van der Waals surface area contributed by atoms with E-state index in [-0.39, 0.29) is 22.8 Å². The van der Waals surface area contributed by atoms with Crippen LogP contribution in [0.25, 0.3) is 0 Å². The van der Waals surface area contributed by atoms with Gasteiger partial charge in [0.25, 0.3) is 20.1 Å². The van der Waals surface area contributed by atoms with Gasteiger partial charge < -0.3 is 44.4 Å². The number of para-hydroxylation sites is 9. The van der Waals surface area contributed by atoms with Crippen LogP contribution >= 0.6 is 0 Å². The van der Waals surface area contributed by atoms with Gasteiger partial charge in [-0.15, -0.1) is 0 Å². The second-order valence-corrected chi connectivity index (χ2v) is 32.1. The Morgan fingerprint density at radius 2 is 0.593 bits per heavy atom. The Kier molecular flexibility index (Phi) is 11.3. The summed E-state index contributed by atoms with van der Waals surface area (Å²) in [5.74, 6) is 0.485. The van der Waals surface area contributed by atoms with Crippen LogP contribution in [0.15, 0.2) is 357 Å². The number of hydrogen-bond acceptors (Lipinski definition) is 9. The molecular formula is C111H87B3N8O. The van der Waals surface area contributed by atoms with Gasteiger partial charge in [0.05, 0.1) is 75.2 Å². The third kappa shape index (κ3) is 11.6. The van der Waals surface area contributed by atoms with Crippen LogP contribution in [0.5, 0.6) is 11.5 Å². The summed E-state index contributed by atoms with van der Waals surface area (Å²) in [6, 6.07) is 31.8. The molecule has 6 heterocycles. The van der Waals surface area contributed by atoms with E-state index in [1.165, 1.54) is 0 Å². The van der Waals surface area contributed by atoms with Crippen molar-refractivity contribution in [2.45, 2.75) is 62.3 Å². The van der Waals surface area contributed by atoms with Crippen molar-refractivity contribution in [3.63, 3.8) is 0 Å². The third-order valence-corrected chi connectivity index (χ3v) is 24.4. The maximum atomic E-state index is 10.2. The van der Waals surface area contributed by atoms with Gasteiger partial charge >= 0.3 is 0 Å². The van der Waals surface area contributed by atoms with Crippen LogP contribution in [0.2, 0.25) is 0 Å². The summed E-state index contributed by atoms with van der Waals surface area (Å²) in [5, 5.41) is 3.93. The van der Waals surface area contributed by atoms with Crippen LogP contribution in [-0.4, -0.2) is 20.1 Å². The average Bonchev–Trinajstić information content (AvgIpc) is 0.672. The molecule has 0 fully saturated rings. The minimum atomic E-state index is -1.06. The molecule has 6 aliphatic heterocycles. The van der Waals surface area contributed by atoms with Gasteiger partial charge in [0.2, 0.25) is 0 Å². The fraction of sp³-hybridized carbons (Fsp3) is 0.0811. The highest BCUT2D eigenvalue weighted by Crippen LogP contribution is 2.55. The van der Waals surface area contributed by atoms with Gasteiger partial charge in [0, 0.05) is 103 Å². The van der Waals surface area contributed by atoms with Gasteiger partial charge in [-0.25, -0.2) is 0 Å². The van der Waals surface area contributed by atoms with Crippen molar-refractivity contribution in [2.24, 2.45) is 0 Å². The van der Waals surface area contributed by atoms with E-state index in [0.29, 0.717) is 151 Å². The van der Waals surface area contributed by atoms with Crippen molar-refractivity contribution < 1.29 is 45.9 Å². The molecule has 1 N–H and O–H groups in total. The van der Waals surface area contributed by atoms with Gasteiger partial charge in [0.15, 0.2) is 0 Å². The maximum absolute atomic E-state index is 10.2. The molecule has 12 heteroatoms. The van der Waals surface area contributed by atoms with Crippen molar-refractivity contribution in [2.75, 3.05) is 39.6 Å². The zero-order chi connectivity index (χ0) is 109. The van der Waals surface area contributed by atoms with Gasteiger partial charge in [-0.05, 0) is 284 Å². The maximum Gasteiger partial charge on any atom is 0.256 e. The summed E-state index contributed by atoms with van der Waals surface area (Å²) in [6.07, 6.45) is 0. The first kappa shape index (κ1) is 48.4. The predicted octanol–water partition coefficient (Wildman–Crippen LogP) is 23.7. The summed E-state index contributed by atoms with van der Waals surface area (Å²) in [6.45, 7) is 14.9. The van der Waals surface area contributed by atoms with E-state index in [1.807, 2.05) is 182 Å². The number of nitrogens with one attached hydrogen (secondary N) is 1. The van der Waals surface area contributed by atoms with Gasteiger partial charge in [-0.1, -0.05) is 229 Å². The highest BCUT2D eigenvalue weighted by Gasteiger charge is 2.51. The van der Waals surface area contributed by atoms with E-state index in [4.69, 9.17) is 13.0 Å². The molecule has 17 aromatic rings. The lowest BCUT2D eigenvalue weighted by Gasteiger charge is -2.48. The number of anilines is 23. The molecular weight excluding hydrogens is 1490 g/mol. The Balaban J connectivity index is 0.901. The van der Waals surface area contributed by atoms with E-state index < -0.39 is 236 Å². The zero-order valence-electron chi connectivity index (χ0n) is 98.0. The van der Waals surface area contributed by atoms with Gasteiger partial charge in [0.1, 0.15) is 11.5 Å². The van der Waals surface area contributed by atoms with E-state index in [2.05, 4.69) is 38.2 Å².